The van der Waals surface area contributed by atoms with Gasteiger partial charge in [0, 0.05) is 38.4 Å². The summed E-state index contributed by atoms with van der Waals surface area (Å²) in [6.07, 6.45) is 0. The fourth-order valence-electron chi connectivity index (χ4n) is 2.83. The third-order valence-electron chi connectivity index (χ3n) is 4.35. The molecule has 7 nitrogen and oxygen atoms in total. The Morgan fingerprint density at radius 2 is 1.67 bits per heavy atom. The number of carbonyl (C=O) groups is 1. The maximum atomic E-state index is 12.2. The topological polar surface area (TPSA) is 79.0 Å². The van der Waals surface area contributed by atoms with E-state index < -0.39 is 9.84 Å². The predicted molar refractivity (Wildman–Crippen MR) is 91.8 cm³/mol. The quantitative estimate of drug-likeness (QED) is 0.869. The van der Waals surface area contributed by atoms with E-state index in [0.29, 0.717) is 0 Å². The standard InChI is InChI=1S/C16H23N3O4S/c20-16(19-7-11-24(21,22)12-8-19)17-15-3-1-14(2-4-15)13-18-5-9-23-10-6-18/h1-4H,5-13H2,(H,17,20). The van der Waals surface area contributed by atoms with Gasteiger partial charge in [0.15, 0.2) is 9.84 Å². The van der Waals surface area contributed by atoms with Crippen LogP contribution in [0.3, 0.4) is 0 Å². The number of nitrogens with zero attached hydrogens (tertiary/aromatic N) is 2. The van der Waals surface area contributed by atoms with E-state index in [0.717, 1.165) is 38.5 Å². The Labute approximate surface area is 142 Å². The van der Waals surface area contributed by atoms with Crippen LogP contribution in [0.2, 0.25) is 0 Å². The first kappa shape index (κ1) is 17.2. The zero-order valence-corrected chi connectivity index (χ0v) is 14.4. The second kappa shape index (κ2) is 7.50. The normalized spacial score (nSPS) is 21.4. The van der Waals surface area contributed by atoms with Gasteiger partial charge in [0.05, 0.1) is 24.7 Å². The zero-order chi connectivity index (χ0) is 17.0. The Hall–Kier alpha value is -1.64. The molecule has 24 heavy (non-hydrogen) atoms. The van der Waals surface area contributed by atoms with E-state index in [-0.39, 0.29) is 30.6 Å². The zero-order valence-electron chi connectivity index (χ0n) is 13.6. The van der Waals surface area contributed by atoms with Crippen molar-refractivity contribution in [2.75, 3.05) is 56.2 Å². The van der Waals surface area contributed by atoms with Gasteiger partial charge in [-0.25, -0.2) is 13.2 Å². The van der Waals surface area contributed by atoms with Gasteiger partial charge in [-0.15, -0.1) is 0 Å². The van der Waals surface area contributed by atoms with E-state index in [9.17, 15) is 13.2 Å². The smallest absolute Gasteiger partial charge is 0.321 e. The summed E-state index contributed by atoms with van der Waals surface area (Å²) in [5.74, 6) is 0.0812. The number of hydrogen-bond donors (Lipinski definition) is 1. The Kier molecular flexibility index (Phi) is 5.37. The van der Waals surface area contributed by atoms with Crippen molar-refractivity contribution in [3.63, 3.8) is 0 Å². The molecule has 1 N–H and O–H groups in total. The molecule has 0 aliphatic carbocycles. The SMILES string of the molecule is O=C(Nc1ccc(CN2CCOCC2)cc1)N1CCS(=O)(=O)CC1. The molecule has 3 rings (SSSR count). The number of urea groups is 1. The van der Waals surface area contributed by atoms with Gasteiger partial charge in [-0.3, -0.25) is 4.90 Å². The molecule has 0 saturated carbocycles. The molecule has 0 bridgehead atoms. The Morgan fingerprint density at radius 3 is 2.29 bits per heavy atom. The van der Waals surface area contributed by atoms with E-state index in [1.165, 1.54) is 5.56 Å². The molecule has 0 radical (unpaired) electrons. The third-order valence-corrected chi connectivity index (χ3v) is 5.96. The number of morpholine rings is 1. The van der Waals surface area contributed by atoms with E-state index in [4.69, 9.17) is 4.74 Å². The third kappa shape index (κ3) is 4.68. The second-order valence-electron chi connectivity index (χ2n) is 6.15. The number of benzene rings is 1. The van der Waals surface area contributed by atoms with Crippen molar-refractivity contribution in [3.8, 4) is 0 Å². The highest BCUT2D eigenvalue weighted by atomic mass is 32.2. The number of ether oxygens (including phenoxy) is 1. The van der Waals surface area contributed by atoms with Crippen LogP contribution in [-0.4, -0.2) is 75.1 Å². The highest BCUT2D eigenvalue weighted by molar-refractivity contribution is 7.91. The predicted octanol–water partition coefficient (Wildman–Crippen LogP) is 0.781. The fourth-order valence-corrected chi connectivity index (χ4v) is 4.03. The lowest BCUT2D eigenvalue weighted by molar-refractivity contribution is 0.0342. The fraction of sp³-hybridized carbons (Fsp3) is 0.562. The van der Waals surface area contributed by atoms with Crippen molar-refractivity contribution < 1.29 is 17.9 Å². The van der Waals surface area contributed by atoms with Crippen molar-refractivity contribution in [2.24, 2.45) is 0 Å². The summed E-state index contributed by atoms with van der Waals surface area (Å²) >= 11 is 0. The first-order valence-electron chi connectivity index (χ1n) is 8.17. The summed E-state index contributed by atoms with van der Waals surface area (Å²) in [7, 11) is -2.98. The monoisotopic (exact) mass is 353 g/mol. The minimum absolute atomic E-state index is 0.0406. The molecule has 1 aromatic rings. The maximum Gasteiger partial charge on any atom is 0.321 e. The average Bonchev–Trinajstić information content (AvgIpc) is 2.57. The number of nitrogens with one attached hydrogen (secondary N) is 1. The largest absolute Gasteiger partial charge is 0.379 e. The number of rotatable bonds is 3. The number of hydrogen-bond acceptors (Lipinski definition) is 5. The molecule has 0 spiro atoms. The molecule has 2 heterocycles. The molecule has 2 aliphatic heterocycles. The molecule has 2 fully saturated rings. The second-order valence-corrected chi connectivity index (χ2v) is 8.46. The molecule has 0 aromatic heterocycles. The lowest BCUT2D eigenvalue weighted by atomic mass is 10.2. The van der Waals surface area contributed by atoms with Gasteiger partial charge in [0.25, 0.3) is 0 Å². The number of anilines is 1. The van der Waals surface area contributed by atoms with E-state index >= 15 is 0 Å². The van der Waals surface area contributed by atoms with E-state index in [1.54, 1.807) is 4.90 Å². The van der Waals surface area contributed by atoms with Gasteiger partial charge in [0.1, 0.15) is 0 Å². The van der Waals surface area contributed by atoms with E-state index in [2.05, 4.69) is 10.2 Å². The summed E-state index contributed by atoms with van der Waals surface area (Å²) in [5, 5.41) is 2.83. The lowest BCUT2D eigenvalue weighted by Crippen LogP contribution is -2.45. The summed E-state index contributed by atoms with van der Waals surface area (Å²) in [4.78, 5) is 16.1. The highest BCUT2D eigenvalue weighted by Crippen LogP contribution is 2.14. The van der Waals surface area contributed by atoms with Crippen molar-refractivity contribution >= 4 is 21.6 Å². The molecule has 8 heteroatoms. The van der Waals surface area contributed by atoms with Gasteiger partial charge in [-0.1, -0.05) is 12.1 Å². The van der Waals surface area contributed by atoms with Gasteiger partial charge in [0.2, 0.25) is 0 Å². The lowest BCUT2D eigenvalue weighted by Gasteiger charge is -2.27. The molecule has 2 amide bonds. The molecular weight excluding hydrogens is 330 g/mol. The van der Waals surface area contributed by atoms with Crippen LogP contribution in [0.1, 0.15) is 5.56 Å². The molecule has 132 valence electrons. The average molecular weight is 353 g/mol. The van der Waals surface area contributed by atoms with Crippen LogP contribution < -0.4 is 5.32 Å². The number of sulfone groups is 1. The minimum atomic E-state index is -2.98. The first-order valence-corrected chi connectivity index (χ1v) is 9.99. The van der Waals surface area contributed by atoms with Gasteiger partial charge >= 0.3 is 6.03 Å². The summed E-state index contributed by atoms with van der Waals surface area (Å²) in [6, 6.07) is 7.53. The van der Waals surface area contributed by atoms with Crippen LogP contribution in [-0.2, 0) is 21.1 Å². The molecule has 2 saturated heterocycles. The number of carbonyl (C=O) groups excluding carboxylic acids is 1. The van der Waals surface area contributed by atoms with Crippen molar-refractivity contribution in [1.29, 1.82) is 0 Å². The molecule has 2 aliphatic rings. The van der Waals surface area contributed by atoms with Crippen LogP contribution in [0.4, 0.5) is 10.5 Å². The van der Waals surface area contributed by atoms with Crippen LogP contribution in [0.25, 0.3) is 0 Å². The summed E-state index contributed by atoms with van der Waals surface area (Å²) in [5.41, 5.74) is 1.91. The molecule has 1 aromatic carbocycles. The number of amides is 2. The van der Waals surface area contributed by atoms with Crippen LogP contribution >= 0.6 is 0 Å². The first-order chi connectivity index (χ1) is 11.5. The molecular formula is C16H23N3O4S. The Bertz CT molecular complexity index is 655. The van der Waals surface area contributed by atoms with Gasteiger partial charge in [-0.2, -0.15) is 0 Å². The van der Waals surface area contributed by atoms with Gasteiger partial charge < -0.3 is 15.0 Å². The van der Waals surface area contributed by atoms with Crippen molar-refractivity contribution in [3.05, 3.63) is 29.8 Å². The van der Waals surface area contributed by atoms with Crippen molar-refractivity contribution in [1.82, 2.24) is 9.80 Å². The Morgan fingerprint density at radius 1 is 1.04 bits per heavy atom. The summed E-state index contributed by atoms with van der Waals surface area (Å²) in [6.45, 7) is 4.82. The van der Waals surface area contributed by atoms with Crippen LogP contribution in [0.5, 0.6) is 0 Å². The molecule has 0 atom stereocenters. The minimum Gasteiger partial charge on any atom is -0.379 e. The van der Waals surface area contributed by atoms with Crippen LogP contribution in [0, 0.1) is 0 Å². The molecule has 0 unspecified atom stereocenters. The van der Waals surface area contributed by atoms with Gasteiger partial charge in [-0.05, 0) is 17.7 Å². The van der Waals surface area contributed by atoms with E-state index in [1.807, 2.05) is 24.3 Å². The maximum absolute atomic E-state index is 12.2. The summed E-state index contributed by atoms with van der Waals surface area (Å²) < 4.78 is 28.2. The van der Waals surface area contributed by atoms with Crippen molar-refractivity contribution in [2.45, 2.75) is 6.54 Å². The Balaban J connectivity index is 1.51. The van der Waals surface area contributed by atoms with Crippen LogP contribution in [0.15, 0.2) is 24.3 Å². The highest BCUT2D eigenvalue weighted by Gasteiger charge is 2.24.